The van der Waals surface area contributed by atoms with Gasteiger partial charge in [-0.3, -0.25) is 10.1 Å². The zero-order valence-corrected chi connectivity index (χ0v) is 9.56. The van der Waals surface area contributed by atoms with Gasteiger partial charge in [-0.05, 0) is 26.2 Å². The lowest BCUT2D eigenvalue weighted by molar-refractivity contribution is -0.384. The van der Waals surface area contributed by atoms with E-state index in [0.717, 1.165) is 19.3 Å². The van der Waals surface area contributed by atoms with Crippen molar-refractivity contribution in [3.8, 4) is 0 Å². The average molecular weight is 224 g/mol. The molecule has 88 valence electrons. The molecule has 1 N–H and O–H groups in total. The molecule has 1 saturated carbocycles. The number of hydrogen-bond donors (Lipinski definition) is 1. The zero-order valence-electron chi connectivity index (χ0n) is 9.56. The molecule has 0 bridgehead atoms. The van der Waals surface area contributed by atoms with Gasteiger partial charge in [0.05, 0.1) is 4.92 Å². The minimum Gasteiger partial charge on any atom is -0.362 e. The van der Waals surface area contributed by atoms with E-state index in [-0.39, 0.29) is 10.6 Å². The van der Waals surface area contributed by atoms with Crippen molar-refractivity contribution in [1.82, 2.24) is 9.78 Å². The highest BCUT2D eigenvalue weighted by molar-refractivity contribution is 5.60. The first-order chi connectivity index (χ1) is 7.63. The van der Waals surface area contributed by atoms with Crippen LogP contribution in [0.25, 0.3) is 0 Å². The van der Waals surface area contributed by atoms with E-state index in [1.807, 2.05) is 6.92 Å². The predicted octanol–water partition coefficient (Wildman–Crippen LogP) is 2.08. The molecule has 0 aliphatic heterocycles. The molecular formula is C10H16N4O2. The summed E-state index contributed by atoms with van der Waals surface area (Å²) in [7, 11) is 0. The number of aromatic nitrogens is 2. The number of aryl methyl sites for hydroxylation is 2. The highest BCUT2D eigenvalue weighted by atomic mass is 16.6. The third-order valence-electron chi connectivity index (χ3n) is 2.63. The van der Waals surface area contributed by atoms with Gasteiger partial charge in [-0.15, -0.1) is 0 Å². The smallest absolute Gasteiger partial charge is 0.333 e. The molecule has 0 saturated heterocycles. The van der Waals surface area contributed by atoms with Crippen molar-refractivity contribution < 1.29 is 4.92 Å². The molecule has 1 aromatic rings. The highest BCUT2D eigenvalue weighted by Gasteiger charge is 2.30. The molecule has 6 nitrogen and oxygen atoms in total. The van der Waals surface area contributed by atoms with Gasteiger partial charge in [0.25, 0.3) is 0 Å². The Morgan fingerprint density at radius 2 is 2.31 bits per heavy atom. The third kappa shape index (κ3) is 2.00. The predicted molar refractivity (Wildman–Crippen MR) is 60.6 cm³/mol. The number of nitro groups is 1. The summed E-state index contributed by atoms with van der Waals surface area (Å²) in [6, 6.07) is 0.394. The first kappa shape index (κ1) is 10.9. The van der Waals surface area contributed by atoms with Crippen LogP contribution in [0.4, 0.5) is 11.5 Å². The van der Waals surface area contributed by atoms with E-state index in [4.69, 9.17) is 0 Å². The van der Waals surface area contributed by atoms with E-state index in [1.54, 1.807) is 11.6 Å². The van der Waals surface area contributed by atoms with E-state index < -0.39 is 0 Å². The second-order valence-electron chi connectivity index (χ2n) is 4.18. The lowest BCUT2D eigenvalue weighted by Gasteiger charge is -2.06. The first-order valence-electron chi connectivity index (χ1n) is 5.61. The SMILES string of the molecule is CCCn1nc(C)c([N+](=O)[O-])c1NC1CC1. The van der Waals surface area contributed by atoms with E-state index in [0.29, 0.717) is 24.1 Å². The molecule has 1 heterocycles. The Balaban J connectivity index is 2.35. The summed E-state index contributed by atoms with van der Waals surface area (Å²) in [5.41, 5.74) is 0.613. The number of nitrogens with one attached hydrogen (secondary N) is 1. The number of nitrogens with zero attached hydrogens (tertiary/aromatic N) is 3. The Morgan fingerprint density at radius 1 is 1.62 bits per heavy atom. The van der Waals surface area contributed by atoms with Crippen LogP contribution in [0.15, 0.2) is 0 Å². The van der Waals surface area contributed by atoms with Crippen molar-refractivity contribution in [2.75, 3.05) is 5.32 Å². The van der Waals surface area contributed by atoms with E-state index in [1.165, 1.54) is 0 Å². The van der Waals surface area contributed by atoms with Gasteiger partial charge in [0.1, 0.15) is 5.69 Å². The maximum absolute atomic E-state index is 11.0. The maximum Gasteiger partial charge on any atom is 0.333 e. The van der Waals surface area contributed by atoms with Crippen molar-refractivity contribution in [2.24, 2.45) is 0 Å². The Morgan fingerprint density at radius 3 is 2.81 bits per heavy atom. The molecule has 0 radical (unpaired) electrons. The molecular weight excluding hydrogens is 208 g/mol. The number of hydrogen-bond acceptors (Lipinski definition) is 4. The summed E-state index contributed by atoms with van der Waals surface area (Å²) in [6.07, 6.45) is 3.10. The molecule has 0 aromatic carbocycles. The maximum atomic E-state index is 11.0. The van der Waals surface area contributed by atoms with Crippen LogP contribution in [0.3, 0.4) is 0 Å². The molecule has 0 spiro atoms. The number of rotatable bonds is 5. The van der Waals surface area contributed by atoms with Crippen LogP contribution in [-0.4, -0.2) is 20.7 Å². The van der Waals surface area contributed by atoms with Crippen LogP contribution < -0.4 is 5.32 Å². The molecule has 6 heteroatoms. The summed E-state index contributed by atoms with van der Waals surface area (Å²) >= 11 is 0. The van der Waals surface area contributed by atoms with Crippen LogP contribution in [0.1, 0.15) is 31.9 Å². The highest BCUT2D eigenvalue weighted by Crippen LogP contribution is 2.33. The van der Waals surface area contributed by atoms with Gasteiger partial charge in [-0.2, -0.15) is 5.10 Å². The van der Waals surface area contributed by atoms with Gasteiger partial charge in [-0.25, -0.2) is 4.68 Å². The fourth-order valence-corrected chi connectivity index (χ4v) is 1.73. The Bertz CT molecular complexity index is 409. The lowest BCUT2D eigenvalue weighted by Crippen LogP contribution is -2.10. The van der Waals surface area contributed by atoms with Crippen LogP contribution in [0, 0.1) is 17.0 Å². The minimum absolute atomic E-state index is 0.125. The molecule has 1 fully saturated rings. The third-order valence-corrected chi connectivity index (χ3v) is 2.63. The van der Waals surface area contributed by atoms with Crippen LogP contribution in [-0.2, 0) is 6.54 Å². The van der Waals surface area contributed by atoms with Gasteiger partial charge in [-0.1, -0.05) is 6.92 Å². The summed E-state index contributed by atoms with van der Waals surface area (Å²) in [5.74, 6) is 0.576. The summed E-state index contributed by atoms with van der Waals surface area (Å²) in [4.78, 5) is 10.6. The van der Waals surface area contributed by atoms with Gasteiger partial charge in [0, 0.05) is 12.6 Å². The second-order valence-corrected chi connectivity index (χ2v) is 4.18. The molecule has 1 aliphatic rings. The van der Waals surface area contributed by atoms with Gasteiger partial charge < -0.3 is 5.32 Å². The quantitative estimate of drug-likeness (QED) is 0.614. The topological polar surface area (TPSA) is 73.0 Å². The normalized spacial score (nSPS) is 15.1. The van der Waals surface area contributed by atoms with Crippen LogP contribution in [0.5, 0.6) is 0 Å². The Labute approximate surface area is 93.8 Å². The standard InChI is InChI=1S/C10H16N4O2/c1-3-6-13-10(11-8-4-5-8)9(14(15)16)7(2)12-13/h8,11H,3-6H2,1-2H3. The number of anilines is 1. The second kappa shape index (κ2) is 4.11. The Kier molecular flexibility index (Phi) is 2.80. The summed E-state index contributed by atoms with van der Waals surface area (Å²) < 4.78 is 1.71. The Hall–Kier alpha value is -1.59. The molecule has 1 aromatic heterocycles. The fraction of sp³-hybridized carbons (Fsp3) is 0.700. The van der Waals surface area contributed by atoms with E-state index >= 15 is 0 Å². The fourth-order valence-electron chi connectivity index (χ4n) is 1.73. The first-order valence-corrected chi connectivity index (χ1v) is 5.61. The van der Waals surface area contributed by atoms with E-state index in [2.05, 4.69) is 10.4 Å². The molecule has 2 rings (SSSR count). The average Bonchev–Trinajstić information content (AvgIpc) is 2.94. The monoisotopic (exact) mass is 224 g/mol. The largest absolute Gasteiger partial charge is 0.362 e. The molecule has 0 amide bonds. The summed E-state index contributed by atoms with van der Waals surface area (Å²) in [6.45, 7) is 4.43. The van der Waals surface area contributed by atoms with Crippen LogP contribution in [0.2, 0.25) is 0 Å². The van der Waals surface area contributed by atoms with E-state index in [9.17, 15) is 10.1 Å². The molecule has 0 unspecified atom stereocenters. The van der Waals surface area contributed by atoms with Gasteiger partial charge >= 0.3 is 5.69 Å². The molecule has 16 heavy (non-hydrogen) atoms. The summed E-state index contributed by atoms with van der Waals surface area (Å²) in [5, 5.41) is 18.4. The van der Waals surface area contributed by atoms with Gasteiger partial charge in [0.15, 0.2) is 0 Å². The van der Waals surface area contributed by atoms with Crippen molar-refractivity contribution >= 4 is 11.5 Å². The lowest BCUT2D eigenvalue weighted by atomic mass is 10.4. The van der Waals surface area contributed by atoms with Crippen LogP contribution >= 0.6 is 0 Å². The van der Waals surface area contributed by atoms with Crippen molar-refractivity contribution in [1.29, 1.82) is 0 Å². The molecule has 0 atom stereocenters. The zero-order chi connectivity index (χ0) is 11.7. The molecule has 1 aliphatic carbocycles. The van der Waals surface area contributed by atoms with Crippen molar-refractivity contribution in [3.05, 3.63) is 15.8 Å². The van der Waals surface area contributed by atoms with Crippen molar-refractivity contribution in [2.45, 2.75) is 45.7 Å². The van der Waals surface area contributed by atoms with Gasteiger partial charge in [0.2, 0.25) is 5.82 Å². The van der Waals surface area contributed by atoms with Crippen molar-refractivity contribution in [3.63, 3.8) is 0 Å². The minimum atomic E-state index is -0.348.